The van der Waals surface area contributed by atoms with E-state index in [0.29, 0.717) is 5.69 Å². The maximum Gasteiger partial charge on any atom is 0.255 e. The molecule has 0 spiro atoms. The first-order valence-electron chi connectivity index (χ1n) is 8.09. The Balaban J connectivity index is 2.10. The third-order valence-electron chi connectivity index (χ3n) is 4.59. The fourth-order valence-electron chi connectivity index (χ4n) is 3.03. The van der Waals surface area contributed by atoms with Gasteiger partial charge in [0.2, 0.25) is 0 Å². The number of aliphatic hydroxyl groups is 1. The molecule has 4 N–H and O–H groups in total. The summed E-state index contributed by atoms with van der Waals surface area (Å²) in [6.45, 7) is 3.28. The summed E-state index contributed by atoms with van der Waals surface area (Å²) in [5, 5.41) is 12.8. The Hall–Kier alpha value is -2.92. The van der Waals surface area contributed by atoms with Crippen LogP contribution in [0.1, 0.15) is 19.4 Å². The average molecular weight is 336 g/mol. The first kappa shape index (κ1) is 16.9. The summed E-state index contributed by atoms with van der Waals surface area (Å²) in [5.41, 5.74) is 4.22. The highest BCUT2D eigenvalue weighted by molar-refractivity contribution is 5.87. The molecule has 1 heterocycles. The van der Waals surface area contributed by atoms with Gasteiger partial charge in [-0.05, 0) is 40.5 Å². The monoisotopic (exact) mass is 336 g/mol. The smallest absolute Gasteiger partial charge is 0.255 e. The van der Waals surface area contributed by atoms with Crippen LogP contribution in [-0.4, -0.2) is 16.0 Å². The number of carbonyl (C=O) groups is 1. The molecule has 0 bridgehead atoms. The molecule has 25 heavy (non-hydrogen) atoms. The van der Waals surface area contributed by atoms with Gasteiger partial charge in [-0.2, -0.15) is 0 Å². The highest BCUT2D eigenvalue weighted by atomic mass is 16.3. The van der Waals surface area contributed by atoms with E-state index in [9.17, 15) is 14.7 Å². The largest absolute Gasteiger partial charge is 0.375 e. The van der Waals surface area contributed by atoms with Gasteiger partial charge < -0.3 is 15.8 Å². The minimum Gasteiger partial charge on any atom is -0.375 e. The van der Waals surface area contributed by atoms with Crippen LogP contribution in [0.5, 0.6) is 0 Å². The van der Waals surface area contributed by atoms with Crippen molar-refractivity contribution >= 4 is 16.7 Å². The average Bonchev–Trinajstić information content (AvgIpc) is 2.60. The molecule has 0 aliphatic heterocycles. The highest BCUT2D eigenvalue weighted by Crippen LogP contribution is 2.28. The zero-order chi connectivity index (χ0) is 18.2. The molecule has 0 aliphatic rings. The molecular weight excluding hydrogens is 316 g/mol. The zero-order valence-electron chi connectivity index (χ0n) is 14.1. The number of rotatable bonds is 4. The van der Waals surface area contributed by atoms with E-state index >= 15 is 0 Å². The standard InChI is InChI=1S/C20H20N2O3/c1-12(2)20(25,19(21)24)16-9-10-17(22-18(16)23)15-8-7-13-5-3-4-6-14(13)11-15/h3-12,25H,1-2H3,(H2,21,24)(H,22,23). The number of primary amides is 1. The predicted octanol–water partition coefficient (Wildman–Crippen LogP) is 2.52. The van der Waals surface area contributed by atoms with E-state index in [0.717, 1.165) is 16.3 Å². The number of hydrogen-bond donors (Lipinski definition) is 3. The van der Waals surface area contributed by atoms with Crippen LogP contribution in [0.3, 0.4) is 0 Å². The van der Waals surface area contributed by atoms with Crippen LogP contribution in [0.4, 0.5) is 0 Å². The van der Waals surface area contributed by atoms with Crippen LogP contribution in [0.25, 0.3) is 22.0 Å². The number of amides is 1. The molecule has 3 rings (SSSR count). The van der Waals surface area contributed by atoms with Gasteiger partial charge in [-0.25, -0.2) is 0 Å². The molecule has 1 atom stereocenters. The van der Waals surface area contributed by atoms with E-state index in [4.69, 9.17) is 5.73 Å². The molecule has 1 unspecified atom stereocenters. The van der Waals surface area contributed by atoms with Crippen LogP contribution in [0.2, 0.25) is 0 Å². The van der Waals surface area contributed by atoms with Crippen LogP contribution in [-0.2, 0) is 10.4 Å². The summed E-state index contributed by atoms with van der Waals surface area (Å²) in [7, 11) is 0. The molecule has 128 valence electrons. The van der Waals surface area contributed by atoms with Crippen LogP contribution in [0, 0.1) is 5.92 Å². The topological polar surface area (TPSA) is 96.2 Å². The Labute approximate surface area is 145 Å². The molecule has 1 amide bonds. The lowest BCUT2D eigenvalue weighted by Crippen LogP contribution is -2.48. The maximum absolute atomic E-state index is 12.5. The number of hydrogen-bond acceptors (Lipinski definition) is 3. The Morgan fingerprint density at radius 3 is 2.36 bits per heavy atom. The molecule has 5 nitrogen and oxygen atoms in total. The Morgan fingerprint density at radius 1 is 1.08 bits per heavy atom. The minimum absolute atomic E-state index is 0.0421. The first-order valence-corrected chi connectivity index (χ1v) is 8.09. The van der Waals surface area contributed by atoms with E-state index in [2.05, 4.69) is 4.98 Å². The Kier molecular flexibility index (Phi) is 4.18. The van der Waals surface area contributed by atoms with Crippen molar-refractivity contribution in [1.82, 2.24) is 4.98 Å². The number of carbonyl (C=O) groups excluding carboxylic acids is 1. The van der Waals surface area contributed by atoms with E-state index in [1.165, 1.54) is 6.07 Å². The van der Waals surface area contributed by atoms with Gasteiger partial charge in [0.15, 0.2) is 5.60 Å². The fraction of sp³-hybridized carbons (Fsp3) is 0.200. The SMILES string of the molecule is CC(C)C(O)(C(N)=O)c1ccc(-c2ccc3ccccc3c2)[nH]c1=O. The van der Waals surface area contributed by atoms with E-state index in [-0.39, 0.29) is 5.56 Å². The van der Waals surface area contributed by atoms with E-state index in [1.54, 1.807) is 19.9 Å². The quantitative estimate of drug-likeness (QED) is 0.683. The number of aromatic amines is 1. The number of benzene rings is 2. The number of nitrogens with one attached hydrogen (secondary N) is 1. The van der Waals surface area contributed by atoms with Gasteiger partial charge in [-0.1, -0.05) is 50.2 Å². The van der Waals surface area contributed by atoms with Crippen molar-refractivity contribution < 1.29 is 9.90 Å². The van der Waals surface area contributed by atoms with Gasteiger partial charge in [0, 0.05) is 5.69 Å². The summed E-state index contributed by atoms with van der Waals surface area (Å²) in [4.78, 5) is 27.0. The Morgan fingerprint density at radius 2 is 1.76 bits per heavy atom. The van der Waals surface area contributed by atoms with Crippen LogP contribution < -0.4 is 11.3 Å². The third kappa shape index (κ3) is 2.83. The second-order valence-corrected chi connectivity index (χ2v) is 6.46. The summed E-state index contributed by atoms with van der Waals surface area (Å²) >= 11 is 0. The molecule has 0 fully saturated rings. The second-order valence-electron chi connectivity index (χ2n) is 6.46. The normalized spacial score (nSPS) is 13.8. The van der Waals surface area contributed by atoms with Gasteiger partial charge in [0.25, 0.3) is 11.5 Å². The van der Waals surface area contributed by atoms with Crippen molar-refractivity contribution in [3.8, 4) is 11.3 Å². The first-order chi connectivity index (χ1) is 11.8. The van der Waals surface area contributed by atoms with Gasteiger partial charge >= 0.3 is 0 Å². The minimum atomic E-state index is -2.00. The van der Waals surface area contributed by atoms with E-state index in [1.807, 2.05) is 42.5 Å². The van der Waals surface area contributed by atoms with Gasteiger partial charge in [-0.3, -0.25) is 9.59 Å². The molecule has 0 saturated carbocycles. The fourth-order valence-corrected chi connectivity index (χ4v) is 3.03. The molecule has 0 saturated heterocycles. The number of fused-ring (bicyclic) bond motifs is 1. The number of H-pyrrole nitrogens is 1. The molecule has 1 aromatic heterocycles. The Bertz CT molecular complexity index is 1010. The summed E-state index contributed by atoms with van der Waals surface area (Å²) in [6.07, 6.45) is 0. The maximum atomic E-state index is 12.5. The lowest BCUT2D eigenvalue weighted by atomic mass is 9.83. The number of pyridine rings is 1. The predicted molar refractivity (Wildman–Crippen MR) is 97.9 cm³/mol. The summed E-state index contributed by atoms with van der Waals surface area (Å²) < 4.78 is 0. The van der Waals surface area contributed by atoms with Crippen molar-refractivity contribution in [3.63, 3.8) is 0 Å². The number of aromatic nitrogens is 1. The zero-order valence-corrected chi connectivity index (χ0v) is 14.1. The van der Waals surface area contributed by atoms with Crippen LogP contribution >= 0.6 is 0 Å². The van der Waals surface area contributed by atoms with Crippen molar-refractivity contribution in [3.05, 3.63) is 70.5 Å². The third-order valence-corrected chi connectivity index (χ3v) is 4.59. The second kappa shape index (κ2) is 6.18. The highest BCUT2D eigenvalue weighted by Gasteiger charge is 2.41. The van der Waals surface area contributed by atoms with Gasteiger partial charge in [0.05, 0.1) is 5.56 Å². The molecule has 0 radical (unpaired) electrons. The number of nitrogens with two attached hydrogens (primary N) is 1. The molecule has 3 aromatic rings. The van der Waals surface area contributed by atoms with Crippen molar-refractivity contribution in [2.24, 2.45) is 11.7 Å². The summed E-state index contributed by atoms with van der Waals surface area (Å²) in [5.74, 6) is -1.47. The van der Waals surface area contributed by atoms with Crippen molar-refractivity contribution in [2.45, 2.75) is 19.4 Å². The van der Waals surface area contributed by atoms with Crippen LogP contribution in [0.15, 0.2) is 59.4 Å². The van der Waals surface area contributed by atoms with E-state index < -0.39 is 23.0 Å². The lowest BCUT2D eigenvalue weighted by molar-refractivity contribution is -0.142. The molecule has 0 aliphatic carbocycles. The molecular formula is C20H20N2O3. The summed E-state index contributed by atoms with van der Waals surface area (Å²) in [6, 6.07) is 16.9. The molecule has 5 heteroatoms. The molecule has 2 aromatic carbocycles. The van der Waals surface area contributed by atoms with Gasteiger partial charge in [0.1, 0.15) is 0 Å². The van der Waals surface area contributed by atoms with Crippen molar-refractivity contribution in [1.29, 1.82) is 0 Å². The van der Waals surface area contributed by atoms with Gasteiger partial charge in [-0.15, -0.1) is 0 Å². The lowest BCUT2D eigenvalue weighted by Gasteiger charge is -2.28. The van der Waals surface area contributed by atoms with Crippen molar-refractivity contribution in [2.75, 3.05) is 0 Å².